The average molecular weight is 449 g/mol. The third-order valence-electron chi connectivity index (χ3n) is 6.29. The van der Waals surface area contributed by atoms with Gasteiger partial charge in [0.05, 0.1) is 17.3 Å². The molecule has 0 aliphatic carbocycles. The lowest BCUT2D eigenvalue weighted by atomic mass is 10.1. The zero-order valence-electron chi connectivity index (χ0n) is 19.8. The molecule has 1 aromatic heterocycles. The normalized spacial score (nSPS) is 15.3. The summed E-state index contributed by atoms with van der Waals surface area (Å²) in [5, 5.41) is 7.02. The van der Waals surface area contributed by atoms with E-state index in [1.807, 2.05) is 32.9 Å². The molecule has 7 nitrogen and oxygen atoms in total. The van der Waals surface area contributed by atoms with Gasteiger partial charge in [0.2, 0.25) is 0 Å². The lowest BCUT2D eigenvalue weighted by molar-refractivity contribution is 0.0940. The van der Waals surface area contributed by atoms with Crippen molar-refractivity contribution < 1.29 is 14.1 Å². The Bertz CT molecular complexity index is 1050. The first-order valence-electron chi connectivity index (χ1n) is 11.4. The molecule has 2 heterocycles. The average Bonchev–Trinajstić information content (AvgIpc) is 3.15. The molecule has 3 aromatic rings. The van der Waals surface area contributed by atoms with Gasteiger partial charge in [0, 0.05) is 37.4 Å². The Morgan fingerprint density at radius 2 is 1.73 bits per heavy atom. The van der Waals surface area contributed by atoms with Crippen LogP contribution >= 0.6 is 0 Å². The molecule has 0 bridgehead atoms. The van der Waals surface area contributed by atoms with E-state index in [1.165, 1.54) is 5.69 Å². The Hall–Kier alpha value is -3.32. The van der Waals surface area contributed by atoms with Crippen molar-refractivity contribution in [3.05, 3.63) is 76.7 Å². The maximum atomic E-state index is 12.7. The number of aryl methyl sites for hydroxylation is 2. The Morgan fingerprint density at radius 1 is 1.06 bits per heavy atom. The number of aromatic nitrogens is 1. The van der Waals surface area contributed by atoms with Crippen LogP contribution in [0.5, 0.6) is 5.75 Å². The van der Waals surface area contributed by atoms with Crippen molar-refractivity contribution in [2.24, 2.45) is 0 Å². The van der Waals surface area contributed by atoms with E-state index >= 15 is 0 Å². The van der Waals surface area contributed by atoms with E-state index in [1.54, 1.807) is 12.1 Å². The second-order valence-corrected chi connectivity index (χ2v) is 8.69. The standard InChI is InChI=1S/C26H32N4O3/c1-18(21-5-9-23(10-6-21)30-15-13-29(4)14-16-30)27-26(31)22-7-11-24(12-8-22)32-17-25-19(2)28-33-20(25)3/h5-12,18H,13-17H2,1-4H3,(H,27,31)/t18-/m0/s1. The number of hydrogen-bond donors (Lipinski definition) is 1. The SMILES string of the molecule is Cc1noc(C)c1COc1ccc(C(=O)N[C@@H](C)c2ccc(N3CCN(C)CC3)cc2)cc1. The molecule has 7 heteroatoms. The highest BCUT2D eigenvalue weighted by atomic mass is 16.5. The van der Waals surface area contributed by atoms with Crippen LogP contribution in [0.3, 0.4) is 0 Å². The summed E-state index contributed by atoms with van der Waals surface area (Å²) in [5.74, 6) is 1.34. The minimum Gasteiger partial charge on any atom is -0.489 e. The lowest BCUT2D eigenvalue weighted by Gasteiger charge is -2.34. The Kier molecular flexibility index (Phi) is 6.99. The molecule has 0 saturated carbocycles. The second-order valence-electron chi connectivity index (χ2n) is 8.69. The van der Waals surface area contributed by atoms with Crippen molar-refractivity contribution in [2.75, 3.05) is 38.1 Å². The van der Waals surface area contributed by atoms with E-state index in [2.05, 4.69) is 51.6 Å². The highest BCUT2D eigenvalue weighted by Crippen LogP contribution is 2.22. The third kappa shape index (κ3) is 5.54. The monoisotopic (exact) mass is 448 g/mol. The largest absolute Gasteiger partial charge is 0.489 e. The molecule has 33 heavy (non-hydrogen) atoms. The fourth-order valence-electron chi connectivity index (χ4n) is 3.97. The number of anilines is 1. The number of benzene rings is 2. The molecule has 1 amide bonds. The number of nitrogens with one attached hydrogen (secondary N) is 1. The number of carbonyl (C=O) groups excluding carboxylic acids is 1. The summed E-state index contributed by atoms with van der Waals surface area (Å²) in [6, 6.07) is 15.6. The van der Waals surface area contributed by atoms with E-state index in [9.17, 15) is 4.79 Å². The van der Waals surface area contributed by atoms with Crippen LogP contribution in [-0.4, -0.2) is 49.2 Å². The molecule has 174 valence electrons. The molecule has 1 aliphatic rings. The van der Waals surface area contributed by atoms with Gasteiger partial charge in [-0.2, -0.15) is 0 Å². The second kappa shape index (κ2) is 10.1. The van der Waals surface area contributed by atoms with Gasteiger partial charge < -0.3 is 24.4 Å². The molecule has 0 spiro atoms. The van der Waals surface area contributed by atoms with Crippen molar-refractivity contribution >= 4 is 11.6 Å². The number of nitrogens with zero attached hydrogens (tertiary/aromatic N) is 3. The third-order valence-corrected chi connectivity index (χ3v) is 6.29. The molecular weight excluding hydrogens is 416 g/mol. The number of amides is 1. The summed E-state index contributed by atoms with van der Waals surface area (Å²) < 4.78 is 11.0. The van der Waals surface area contributed by atoms with Gasteiger partial charge in [0.25, 0.3) is 5.91 Å². The number of likely N-dealkylation sites (N-methyl/N-ethyl adjacent to an activating group) is 1. The lowest BCUT2D eigenvalue weighted by Crippen LogP contribution is -2.44. The molecule has 2 aromatic carbocycles. The zero-order valence-corrected chi connectivity index (χ0v) is 19.8. The van der Waals surface area contributed by atoms with E-state index < -0.39 is 0 Å². The van der Waals surface area contributed by atoms with Gasteiger partial charge in [-0.05, 0) is 69.8 Å². The van der Waals surface area contributed by atoms with E-state index in [0.717, 1.165) is 48.8 Å². The van der Waals surface area contributed by atoms with Gasteiger partial charge in [0.15, 0.2) is 0 Å². The van der Waals surface area contributed by atoms with Crippen LogP contribution in [0.15, 0.2) is 53.1 Å². The van der Waals surface area contributed by atoms with Crippen LogP contribution in [0.4, 0.5) is 5.69 Å². The summed E-state index contributed by atoms with van der Waals surface area (Å²) in [6.07, 6.45) is 0. The molecule has 4 rings (SSSR count). The first kappa shape index (κ1) is 22.9. The van der Waals surface area contributed by atoms with Crippen molar-refractivity contribution in [1.82, 2.24) is 15.4 Å². The summed E-state index contributed by atoms with van der Waals surface area (Å²) in [6.45, 7) is 10.4. The summed E-state index contributed by atoms with van der Waals surface area (Å²) in [4.78, 5) is 17.5. The minimum atomic E-state index is -0.108. The fraction of sp³-hybridized carbons (Fsp3) is 0.385. The maximum Gasteiger partial charge on any atom is 0.251 e. The van der Waals surface area contributed by atoms with Gasteiger partial charge in [-0.1, -0.05) is 17.3 Å². The zero-order chi connectivity index (χ0) is 23.4. The molecule has 1 atom stereocenters. The fourth-order valence-corrected chi connectivity index (χ4v) is 3.97. The van der Waals surface area contributed by atoms with Crippen LogP contribution in [0.1, 0.15) is 45.9 Å². The van der Waals surface area contributed by atoms with Crippen LogP contribution in [0, 0.1) is 13.8 Å². The number of ether oxygens (including phenoxy) is 1. The minimum absolute atomic E-state index is 0.0884. The number of rotatable bonds is 7. The van der Waals surface area contributed by atoms with Crippen LogP contribution in [0.2, 0.25) is 0 Å². The number of hydrogen-bond acceptors (Lipinski definition) is 6. The molecule has 0 unspecified atom stereocenters. The van der Waals surface area contributed by atoms with Crippen molar-refractivity contribution in [3.8, 4) is 5.75 Å². The quantitative estimate of drug-likeness (QED) is 0.587. The Labute approximate surface area is 195 Å². The van der Waals surface area contributed by atoms with Crippen molar-refractivity contribution in [1.29, 1.82) is 0 Å². The molecule has 1 saturated heterocycles. The predicted octanol–water partition coefficient (Wildman–Crippen LogP) is 4.11. The molecule has 1 aliphatic heterocycles. The molecule has 0 radical (unpaired) electrons. The topological polar surface area (TPSA) is 70.8 Å². The van der Waals surface area contributed by atoms with Crippen LogP contribution in [0.25, 0.3) is 0 Å². The van der Waals surface area contributed by atoms with Crippen LogP contribution < -0.4 is 15.0 Å². The van der Waals surface area contributed by atoms with Gasteiger partial charge in [-0.25, -0.2) is 0 Å². The smallest absolute Gasteiger partial charge is 0.251 e. The molecule has 1 N–H and O–H groups in total. The van der Waals surface area contributed by atoms with Crippen molar-refractivity contribution in [2.45, 2.75) is 33.4 Å². The van der Waals surface area contributed by atoms with E-state index in [-0.39, 0.29) is 11.9 Å². The maximum absolute atomic E-state index is 12.7. The predicted molar refractivity (Wildman–Crippen MR) is 129 cm³/mol. The van der Waals surface area contributed by atoms with Gasteiger partial charge in [0.1, 0.15) is 18.1 Å². The Balaban J connectivity index is 1.31. The van der Waals surface area contributed by atoms with Crippen molar-refractivity contribution in [3.63, 3.8) is 0 Å². The number of piperazine rings is 1. The van der Waals surface area contributed by atoms with Gasteiger partial charge >= 0.3 is 0 Å². The highest BCUT2D eigenvalue weighted by Gasteiger charge is 2.16. The van der Waals surface area contributed by atoms with E-state index in [4.69, 9.17) is 9.26 Å². The Morgan fingerprint density at radius 3 is 2.33 bits per heavy atom. The first-order valence-corrected chi connectivity index (χ1v) is 11.4. The van der Waals surface area contributed by atoms with E-state index in [0.29, 0.717) is 17.9 Å². The summed E-state index contributed by atoms with van der Waals surface area (Å²) in [5.41, 5.74) is 4.69. The first-order chi connectivity index (χ1) is 15.9. The van der Waals surface area contributed by atoms with Crippen LogP contribution in [-0.2, 0) is 6.61 Å². The summed E-state index contributed by atoms with van der Waals surface area (Å²) >= 11 is 0. The number of carbonyl (C=O) groups is 1. The van der Waals surface area contributed by atoms with Gasteiger partial charge in [-0.15, -0.1) is 0 Å². The molecular formula is C26H32N4O3. The summed E-state index contributed by atoms with van der Waals surface area (Å²) in [7, 11) is 2.16. The highest BCUT2D eigenvalue weighted by molar-refractivity contribution is 5.94. The van der Waals surface area contributed by atoms with Gasteiger partial charge in [-0.3, -0.25) is 4.79 Å². The molecule has 1 fully saturated rings.